The van der Waals surface area contributed by atoms with Gasteiger partial charge in [0.1, 0.15) is 0 Å². The molecule has 0 fully saturated rings. The molecular weight excluding hydrogens is 336 g/mol. The van der Waals surface area contributed by atoms with E-state index in [1.165, 1.54) is 0 Å². The number of aliphatic hydroxyl groups is 1. The van der Waals surface area contributed by atoms with E-state index in [4.69, 9.17) is 11.6 Å². The monoisotopic (exact) mass is 353 g/mol. The van der Waals surface area contributed by atoms with E-state index in [2.05, 4.69) is 19.2 Å². The van der Waals surface area contributed by atoms with Crippen molar-refractivity contribution < 1.29 is 18.7 Å². The third-order valence-electron chi connectivity index (χ3n) is 3.70. The molecule has 24 heavy (non-hydrogen) atoms. The Hall–Kier alpha value is -1.98. The zero-order valence-corrected chi connectivity index (χ0v) is 14.1. The highest BCUT2D eigenvalue weighted by atomic mass is 35.5. The van der Waals surface area contributed by atoms with Crippen LogP contribution in [-0.2, 0) is 0 Å². The van der Waals surface area contributed by atoms with Gasteiger partial charge in [0.15, 0.2) is 11.6 Å². The standard InChI is InChI=1S/C18H18ClF2NO2/c1-10(2)11-3-5-12(6-4-11)17(23)9-22-18(24)13-7-15(20)16(21)8-14(13)19/h3-8,10,17,23H,9H2,1-2H3,(H,22,24). The Kier molecular flexibility index (Phi) is 5.91. The molecule has 2 aromatic carbocycles. The van der Waals surface area contributed by atoms with Gasteiger partial charge in [-0.25, -0.2) is 8.78 Å². The summed E-state index contributed by atoms with van der Waals surface area (Å²) >= 11 is 5.75. The second-order valence-electron chi connectivity index (χ2n) is 5.79. The Labute approximate surface area is 144 Å². The molecule has 2 aromatic rings. The van der Waals surface area contributed by atoms with Crippen LogP contribution in [0.3, 0.4) is 0 Å². The second kappa shape index (κ2) is 7.73. The van der Waals surface area contributed by atoms with Gasteiger partial charge in [-0.2, -0.15) is 0 Å². The lowest BCUT2D eigenvalue weighted by atomic mass is 10.00. The van der Waals surface area contributed by atoms with Crippen LogP contribution in [0.5, 0.6) is 0 Å². The summed E-state index contributed by atoms with van der Waals surface area (Å²) in [7, 11) is 0. The van der Waals surface area contributed by atoms with Gasteiger partial charge >= 0.3 is 0 Å². The number of halogens is 3. The van der Waals surface area contributed by atoms with Gasteiger partial charge in [0.05, 0.1) is 16.7 Å². The maximum atomic E-state index is 13.2. The van der Waals surface area contributed by atoms with Crippen molar-refractivity contribution in [3.63, 3.8) is 0 Å². The quantitative estimate of drug-likeness (QED) is 0.791. The van der Waals surface area contributed by atoms with E-state index in [-0.39, 0.29) is 17.1 Å². The lowest BCUT2D eigenvalue weighted by Gasteiger charge is -2.14. The van der Waals surface area contributed by atoms with Crippen molar-refractivity contribution in [2.24, 2.45) is 0 Å². The minimum absolute atomic E-state index is 0.0742. The van der Waals surface area contributed by atoms with Gasteiger partial charge in [0.2, 0.25) is 0 Å². The topological polar surface area (TPSA) is 49.3 Å². The molecule has 0 aliphatic rings. The van der Waals surface area contributed by atoms with Gasteiger partial charge in [-0.15, -0.1) is 0 Å². The summed E-state index contributed by atoms with van der Waals surface area (Å²) in [6.45, 7) is 4.06. The molecular formula is C18H18ClF2NO2. The van der Waals surface area contributed by atoms with E-state index >= 15 is 0 Å². The molecule has 0 saturated carbocycles. The van der Waals surface area contributed by atoms with Gasteiger partial charge in [0, 0.05) is 6.54 Å². The average Bonchev–Trinajstić information content (AvgIpc) is 2.55. The predicted molar refractivity (Wildman–Crippen MR) is 89.2 cm³/mol. The Bertz CT molecular complexity index is 733. The number of carbonyl (C=O) groups is 1. The predicted octanol–water partition coefficient (Wildman–Crippen LogP) is 4.21. The molecule has 0 saturated heterocycles. The first-order valence-electron chi connectivity index (χ1n) is 7.50. The van der Waals surface area contributed by atoms with Gasteiger partial charge in [-0.05, 0) is 29.2 Å². The molecule has 0 aromatic heterocycles. The van der Waals surface area contributed by atoms with E-state index in [1.807, 2.05) is 12.1 Å². The van der Waals surface area contributed by atoms with Crippen LogP contribution in [0.2, 0.25) is 5.02 Å². The minimum atomic E-state index is -1.16. The van der Waals surface area contributed by atoms with Crippen molar-refractivity contribution in [2.75, 3.05) is 6.54 Å². The molecule has 0 aliphatic heterocycles. The highest BCUT2D eigenvalue weighted by molar-refractivity contribution is 6.33. The first-order valence-corrected chi connectivity index (χ1v) is 7.88. The van der Waals surface area contributed by atoms with Gasteiger partial charge in [-0.1, -0.05) is 49.7 Å². The molecule has 0 radical (unpaired) electrons. The summed E-state index contributed by atoms with van der Waals surface area (Å²) in [6, 6.07) is 8.88. The second-order valence-corrected chi connectivity index (χ2v) is 6.20. The Morgan fingerprint density at radius 3 is 2.25 bits per heavy atom. The van der Waals surface area contributed by atoms with Crippen LogP contribution in [0.25, 0.3) is 0 Å². The third-order valence-corrected chi connectivity index (χ3v) is 4.01. The number of aliphatic hydroxyl groups excluding tert-OH is 1. The van der Waals surface area contributed by atoms with Crippen LogP contribution < -0.4 is 5.32 Å². The molecule has 0 aliphatic carbocycles. The SMILES string of the molecule is CC(C)c1ccc(C(O)CNC(=O)c2cc(F)c(F)cc2Cl)cc1. The number of amides is 1. The third kappa shape index (κ3) is 4.30. The van der Waals surface area contributed by atoms with Crippen molar-refractivity contribution in [1.29, 1.82) is 0 Å². The number of hydrogen-bond donors (Lipinski definition) is 2. The summed E-state index contributed by atoms with van der Waals surface area (Å²) in [4.78, 5) is 12.0. The molecule has 3 nitrogen and oxygen atoms in total. The zero-order valence-electron chi connectivity index (χ0n) is 13.3. The highest BCUT2D eigenvalue weighted by Gasteiger charge is 2.16. The molecule has 0 bridgehead atoms. The van der Waals surface area contributed by atoms with Crippen molar-refractivity contribution in [3.8, 4) is 0 Å². The summed E-state index contributed by atoms with van der Waals surface area (Å²) in [6.07, 6.45) is -0.917. The van der Waals surface area contributed by atoms with E-state index in [0.29, 0.717) is 11.5 Å². The van der Waals surface area contributed by atoms with Crippen LogP contribution in [0.4, 0.5) is 8.78 Å². The summed E-state index contributed by atoms with van der Waals surface area (Å²) < 4.78 is 26.2. The summed E-state index contributed by atoms with van der Waals surface area (Å²) in [5, 5.41) is 12.4. The number of rotatable bonds is 5. The van der Waals surface area contributed by atoms with Gasteiger partial charge in [-0.3, -0.25) is 4.79 Å². The van der Waals surface area contributed by atoms with Crippen LogP contribution >= 0.6 is 11.6 Å². The molecule has 1 atom stereocenters. The Morgan fingerprint density at radius 1 is 1.12 bits per heavy atom. The molecule has 1 unspecified atom stereocenters. The van der Waals surface area contributed by atoms with Gasteiger partial charge < -0.3 is 10.4 Å². The maximum Gasteiger partial charge on any atom is 0.253 e. The Morgan fingerprint density at radius 2 is 1.67 bits per heavy atom. The van der Waals surface area contributed by atoms with E-state index in [9.17, 15) is 18.7 Å². The first-order chi connectivity index (χ1) is 11.3. The lowest BCUT2D eigenvalue weighted by molar-refractivity contribution is 0.0916. The first kappa shape index (κ1) is 18.4. The molecule has 0 heterocycles. The van der Waals surface area contributed by atoms with Crippen molar-refractivity contribution in [2.45, 2.75) is 25.9 Å². The van der Waals surface area contributed by atoms with Crippen molar-refractivity contribution in [3.05, 3.63) is 69.7 Å². The summed E-state index contributed by atoms with van der Waals surface area (Å²) in [5.74, 6) is -2.58. The number of carbonyl (C=O) groups excluding carboxylic acids is 1. The Balaban J connectivity index is 2.02. The smallest absolute Gasteiger partial charge is 0.253 e. The van der Waals surface area contributed by atoms with Crippen molar-refractivity contribution in [1.82, 2.24) is 5.32 Å². The zero-order chi connectivity index (χ0) is 17.9. The van der Waals surface area contributed by atoms with Crippen LogP contribution in [0.1, 0.15) is 47.4 Å². The molecule has 128 valence electrons. The highest BCUT2D eigenvalue weighted by Crippen LogP contribution is 2.21. The molecule has 1 amide bonds. The number of hydrogen-bond acceptors (Lipinski definition) is 2. The van der Waals surface area contributed by atoms with Gasteiger partial charge in [0.25, 0.3) is 5.91 Å². The molecule has 6 heteroatoms. The maximum absolute atomic E-state index is 13.2. The lowest BCUT2D eigenvalue weighted by Crippen LogP contribution is -2.28. The van der Waals surface area contributed by atoms with Crippen LogP contribution in [-0.4, -0.2) is 17.6 Å². The number of benzene rings is 2. The number of nitrogens with one attached hydrogen (secondary N) is 1. The van der Waals surface area contributed by atoms with Crippen LogP contribution in [0, 0.1) is 11.6 Å². The van der Waals surface area contributed by atoms with Crippen molar-refractivity contribution >= 4 is 17.5 Å². The van der Waals surface area contributed by atoms with Crippen LogP contribution in [0.15, 0.2) is 36.4 Å². The van der Waals surface area contributed by atoms with E-state index in [0.717, 1.165) is 17.7 Å². The normalized spacial score (nSPS) is 12.3. The largest absolute Gasteiger partial charge is 0.387 e. The fourth-order valence-corrected chi connectivity index (χ4v) is 2.44. The average molecular weight is 354 g/mol. The van der Waals surface area contributed by atoms with E-state index < -0.39 is 23.6 Å². The molecule has 2 N–H and O–H groups in total. The fourth-order valence-electron chi connectivity index (χ4n) is 2.20. The summed E-state index contributed by atoms with van der Waals surface area (Å²) in [5.41, 5.74) is 1.61. The minimum Gasteiger partial charge on any atom is -0.387 e. The molecule has 2 rings (SSSR count). The fraction of sp³-hybridized carbons (Fsp3) is 0.278. The van der Waals surface area contributed by atoms with E-state index in [1.54, 1.807) is 12.1 Å². The molecule has 0 spiro atoms.